The molecule has 1 amide bonds. The van der Waals surface area contributed by atoms with E-state index >= 15 is 0 Å². The van der Waals surface area contributed by atoms with Crippen molar-refractivity contribution < 1.29 is 19.1 Å². The second kappa shape index (κ2) is 9.29. The van der Waals surface area contributed by atoms with E-state index in [1.165, 1.54) is 18.9 Å². The molecule has 0 unspecified atom stereocenters. The summed E-state index contributed by atoms with van der Waals surface area (Å²) in [7, 11) is 1.53. The van der Waals surface area contributed by atoms with Crippen LogP contribution in [0.5, 0.6) is 5.75 Å². The minimum Gasteiger partial charge on any atom is -0.495 e. The second-order valence-electron chi connectivity index (χ2n) is 5.85. The van der Waals surface area contributed by atoms with Gasteiger partial charge in [-0.2, -0.15) is 0 Å². The average Bonchev–Trinajstić information content (AvgIpc) is 2.62. The number of thioether (sulfide) groups is 1. The molecule has 0 saturated heterocycles. The Bertz CT molecular complexity index is 764. The Hall–Kier alpha value is -2.47. The molecule has 2 aromatic rings. The van der Waals surface area contributed by atoms with Gasteiger partial charge >= 0.3 is 5.97 Å². The first-order chi connectivity index (χ1) is 12.4. The van der Waals surface area contributed by atoms with E-state index in [1.54, 1.807) is 26.0 Å². The van der Waals surface area contributed by atoms with E-state index in [0.717, 1.165) is 10.5 Å². The van der Waals surface area contributed by atoms with Crippen molar-refractivity contribution in [3.8, 4) is 5.75 Å². The lowest BCUT2D eigenvalue weighted by Gasteiger charge is -2.17. The molecule has 2 aromatic carbocycles. The highest BCUT2D eigenvalue weighted by Crippen LogP contribution is 2.26. The minimum atomic E-state index is -0.911. The minimum absolute atomic E-state index is 0.404. The number of aryl methyl sites for hydroxylation is 1. The average molecular weight is 373 g/mol. The van der Waals surface area contributed by atoms with Crippen molar-refractivity contribution in [1.29, 1.82) is 0 Å². The molecule has 6 heteroatoms. The van der Waals surface area contributed by atoms with Crippen LogP contribution in [-0.4, -0.2) is 30.3 Å². The van der Waals surface area contributed by atoms with Gasteiger partial charge in [-0.3, -0.25) is 9.59 Å². The Kier molecular flexibility index (Phi) is 7.09. The monoisotopic (exact) mass is 373 g/mol. The summed E-state index contributed by atoms with van der Waals surface area (Å²) in [5, 5.41) is 2.33. The Labute approximate surface area is 158 Å². The van der Waals surface area contributed by atoms with E-state index in [0.29, 0.717) is 11.4 Å². The number of benzene rings is 2. The number of anilines is 1. The lowest BCUT2D eigenvalue weighted by Crippen LogP contribution is -2.32. The van der Waals surface area contributed by atoms with Crippen LogP contribution >= 0.6 is 11.8 Å². The predicted octanol–water partition coefficient (Wildman–Crippen LogP) is 4.05. The van der Waals surface area contributed by atoms with Crippen LogP contribution in [0.2, 0.25) is 0 Å². The zero-order valence-corrected chi connectivity index (χ0v) is 16.1. The lowest BCUT2D eigenvalue weighted by atomic mass is 10.2. The highest BCUT2D eigenvalue weighted by molar-refractivity contribution is 8.00. The Balaban J connectivity index is 1.94. The molecule has 0 spiro atoms. The van der Waals surface area contributed by atoms with Gasteiger partial charge < -0.3 is 14.8 Å². The molecule has 1 N–H and O–H groups in total. The van der Waals surface area contributed by atoms with Gasteiger partial charge in [-0.25, -0.2) is 0 Å². The molecule has 0 aliphatic heterocycles. The van der Waals surface area contributed by atoms with E-state index in [2.05, 4.69) is 5.32 Å². The maximum atomic E-state index is 12.4. The molecular formula is C20H23NO4S. The molecule has 0 aliphatic rings. The first-order valence-electron chi connectivity index (χ1n) is 8.28. The fourth-order valence-corrected chi connectivity index (χ4v) is 3.10. The van der Waals surface area contributed by atoms with Crippen LogP contribution in [0, 0.1) is 6.92 Å². The number of esters is 1. The van der Waals surface area contributed by atoms with Crippen molar-refractivity contribution in [1.82, 2.24) is 0 Å². The summed E-state index contributed by atoms with van der Waals surface area (Å²) in [5.74, 6) is -0.285. The van der Waals surface area contributed by atoms with Crippen LogP contribution < -0.4 is 10.1 Å². The largest absolute Gasteiger partial charge is 0.495 e. The van der Waals surface area contributed by atoms with Crippen molar-refractivity contribution >= 4 is 29.3 Å². The Morgan fingerprint density at radius 2 is 1.77 bits per heavy atom. The van der Waals surface area contributed by atoms with Gasteiger partial charge in [0, 0.05) is 4.90 Å². The summed E-state index contributed by atoms with van der Waals surface area (Å²) in [6.07, 6.45) is -0.911. The van der Waals surface area contributed by atoms with Gasteiger partial charge in [0.25, 0.3) is 5.91 Å². The number of nitrogens with one attached hydrogen (secondary N) is 1. The second-order valence-corrected chi connectivity index (χ2v) is 7.26. The molecule has 0 heterocycles. The highest BCUT2D eigenvalue weighted by Gasteiger charge is 2.23. The van der Waals surface area contributed by atoms with Gasteiger partial charge in [-0.15, -0.1) is 11.8 Å². The van der Waals surface area contributed by atoms with E-state index in [1.807, 2.05) is 43.3 Å². The van der Waals surface area contributed by atoms with Crippen molar-refractivity contribution in [2.45, 2.75) is 37.0 Å². The summed E-state index contributed by atoms with van der Waals surface area (Å²) in [5.41, 5.74) is 1.53. The molecule has 0 bridgehead atoms. The highest BCUT2D eigenvalue weighted by atomic mass is 32.2. The molecule has 26 heavy (non-hydrogen) atoms. The molecular weight excluding hydrogens is 350 g/mol. The summed E-state index contributed by atoms with van der Waals surface area (Å²) in [6, 6.07) is 15.1. The maximum absolute atomic E-state index is 12.4. The number of ether oxygens (including phenoxy) is 2. The molecule has 0 aromatic heterocycles. The standard InChI is InChI=1S/C20H23NO4S/c1-13-10-11-18(24-4)17(12-13)21-19(22)14(2)25-20(23)15(3)26-16-8-6-5-7-9-16/h5-12,14-15H,1-4H3,(H,21,22)/t14-,15-/m1/s1. The molecule has 5 nitrogen and oxygen atoms in total. The van der Waals surface area contributed by atoms with Crippen LogP contribution in [0.3, 0.4) is 0 Å². The molecule has 138 valence electrons. The number of amides is 1. The molecule has 0 fully saturated rings. The summed E-state index contributed by atoms with van der Waals surface area (Å²) < 4.78 is 10.6. The summed E-state index contributed by atoms with van der Waals surface area (Å²) >= 11 is 1.39. The quantitative estimate of drug-likeness (QED) is 0.586. The molecule has 2 atom stereocenters. The van der Waals surface area contributed by atoms with Gasteiger partial charge in [0.05, 0.1) is 12.8 Å². The van der Waals surface area contributed by atoms with Crippen LogP contribution in [0.1, 0.15) is 19.4 Å². The molecule has 0 aliphatic carbocycles. The van der Waals surface area contributed by atoms with Crippen molar-refractivity contribution in [2.24, 2.45) is 0 Å². The first-order valence-corrected chi connectivity index (χ1v) is 9.16. The molecule has 2 rings (SSSR count). The fraction of sp³-hybridized carbons (Fsp3) is 0.300. The van der Waals surface area contributed by atoms with Crippen molar-refractivity contribution in [2.75, 3.05) is 12.4 Å². The lowest BCUT2D eigenvalue weighted by molar-refractivity contribution is -0.152. The predicted molar refractivity (Wildman–Crippen MR) is 104 cm³/mol. The SMILES string of the molecule is COc1ccc(C)cc1NC(=O)[C@@H](C)OC(=O)[C@@H](C)Sc1ccccc1. The smallest absolute Gasteiger partial charge is 0.319 e. The Morgan fingerprint density at radius 1 is 1.08 bits per heavy atom. The third kappa shape index (κ3) is 5.52. The van der Waals surface area contributed by atoms with E-state index in [-0.39, 0.29) is 0 Å². The normalized spacial score (nSPS) is 12.8. The van der Waals surface area contributed by atoms with E-state index in [4.69, 9.17) is 9.47 Å². The fourth-order valence-electron chi connectivity index (χ4n) is 2.23. The third-order valence-electron chi connectivity index (χ3n) is 3.66. The van der Waals surface area contributed by atoms with Gasteiger partial charge in [0.1, 0.15) is 11.0 Å². The maximum Gasteiger partial charge on any atom is 0.319 e. The van der Waals surface area contributed by atoms with Gasteiger partial charge in [-0.05, 0) is 50.6 Å². The van der Waals surface area contributed by atoms with Gasteiger partial charge in [0.2, 0.25) is 0 Å². The van der Waals surface area contributed by atoms with Crippen LogP contribution in [-0.2, 0) is 14.3 Å². The number of hydrogen-bond donors (Lipinski definition) is 1. The van der Waals surface area contributed by atoms with Gasteiger partial charge in [-0.1, -0.05) is 24.3 Å². The summed E-state index contributed by atoms with van der Waals surface area (Å²) in [4.78, 5) is 25.6. The first kappa shape index (κ1) is 19.8. The zero-order valence-electron chi connectivity index (χ0n) is 15.3. The van der Waals surface area contributed by atoms with Gasteiger partial charge in [0.15, 0.2) is 6.10 Å². The van der Waals surface area contributed by atoms with Crippen molar-refractivity contribution in [3.63, 3.8) is 0 Å². The number of carbonyl (C=O) groups excluding carboxylic acids is 2. The number of hydrogen-bond acceptors (Lipinski definition) is 5. The van der Waals surface area contributed by atoms with E-state index < -0.39 is 23.2 Å². The number of methoxy groups -OCH3 is 1. The number of carbonyl (C=O) groups is 2. The molecule has 0 saturated carbocycles. The van der Waals surface area contributed by atoms with Crippen LogP contribution in [0.15, 0.2) is 53.4 Å². The topological polar surface area (TPSA) is 64.6 Å². The van der Waals surface area contributed by atoms with Crippen LogP contribution in [0.4, 0.5) is 5.69 Å². The van der Waals surface area contributed by atoms with E-state index in [9.17, 15) is 9.59 Å². The molecule has 0 radical (unpaired) electrons. The summed E-state index contributed by atoms with van der Waals surface area (Å²) in [6.45, 7) is 5.23. The van der Waals surface area contributed by atoms with Crippen LogP contribution in [0.25, 0.3) is 0 Å². The zero-order chi connectivity index (χ0) is 19.1. The third-order valence-corrected chi connectivity index (χ3v) is 4.75. The Morgan fingerprint density at radius 3 is 2.42 bits per heavy atom. The van der Waals surface area contributed by atoms with Crippen molar-refractivity contribution in [3.05, 3.63) is 54.1 Å². The number of rotatable bonds is 7.